The third-order valence-corrected chi connectivity index (χ3v) is 3.53. The standard InChI is InChI=1S/C10H17NO/c1-2-9(1)7-11-5-3-10(4-6-11)8-12-10/h9H,1-8H2. The van der Waals surface area contributed by atoms with Crippen LogP contribution in [-0.4, -0.2) is 36.7 Å². The van der Waals surface area contributed by atoms with E-state index in [1.165, 1.54) is 45.3 Å². The predicted molar refractivity (Wildman–Crippen MR) is 47.1 cm³/mol. The van der Waals surface area contributed by atoms with Gasteiger partial charge >= 0.3 is 0 Å². The lowest BCUT2D eigenvalue weighted by Crippen LogP contribution is -2.38. The lowest BCUT2D eigenvalue weighted by atomic mass is 9.98. The van der Waals surface area contributed by atoms with Crippen LogP contribution in [0.5, 0.6) is 0 Å². The van der Waals surface area contributed by atoms with Gasteiger partial charge in [0.2, 0.25) is 0 Å². The number of hydrogen-bond donors (Lipinski definition) is 0. The van der Waals surface area contributed by atoms with Gasteiger partial charge in [0.1, 0.15) is 0 Å². The third kappa shape index (κ3) is 1.38. The van der Waals surface area contributed by atoms with Crippen molar-refractivity contribution in [1.82, 2.24) is 4.90 Å². The Morgan fingerprint density at radius 2 is 1.92 bits per heavy atom. The second kappa shape index (κ2) is 2.46. The summed E-state index contributed by atoms with van der Waals surface area (Å²) in [7, 11) is 0. The normalized spacial score (nSPS) is 34.0. The van der Waals surface area contributed by atoms with Crippen LogP contribution in [0.3, 0.4) is 0 Å². The molecule has 3 rings (SSSR count). The molecule has 2 nitrogen and oxygen atoms in total. The molecule has 0 radical (unpaired) electrons. The molecule has 1 spiro atoms. The summed E-state index contributed by atoms with van der Waals surface area (Å²) in [6.07, 6.45) is 5.55. The Morgan fingerprint density at radius 3 is 2.42 bits per heavy atom. The molecular weight excluding hydrogens is 150 g/mol. The van der Waals surface area contributed by atoms with Crippen LogP contribution in [-0.2, 0) is 4.74 Å². The molecule has 0 N–H and O–H groups in total. The van der Waals surface area contributed by atoms with E-state index in [0.29, 0.717) is 5.60 Å². The van der Waals surface area contributed by atoms with Gasteiger partial charge in [-0.15, -0.1) is 0 Å². The first-order chi connectivity index (χ1) is 5.86. The van der Waals surface area contributed by atoms with Crippen LogP contribution in [0.1, 0.15) is 25.7 Å². The molecule has 2 saturated heterocycles. The van der Waals surface area contributed by atoms with Gasteiger partial charge in [-0.2, -0.15) is 0 Å². The molecule has 1 saturated carbocycles. The molecule has 0 aromatic carbocycles. The van der Waals surface area contributed by atoms with Gasteiger partial charge in [0.15, 0.2) is 0 Å². The van der Waals surface area contributed by atoms with Crippen molar-refractivity contribution >= 4 is 0 Å². The van der Waals surface area contributed by atoms with Gasteiger partial charge in [-0.05, 0) is 31.6 Å². The van der Waals surface area contributed by atoms with E-state index in [0.717, 1.165) is 12.5 Å². The SMILES string of the molecule is C1CC1CN1CCC2(CC1)CO2. The van der Waals surface area contributed by atoms with Gasteiger partial charge in [-0.1, -0.05) is 0 Å². The van der Waals surface area contributed by atoms with Gasteiger partial charge in [0, 0.05) is 19.6 Å². The van der Waals surface area contributed by atoms with Crippen LogP contribution in [0.2, 0.25) is 0 Å². The maximum atomic E-state index is 5.48. The number of piperidine rings is 1. The maximum Gasteiger partial charge on any atom is 0.0940 e. The highest BCUT2D eigenvalue weighted by Crippen LogP contribution is 2.39. The highest BCUT2D eigenvalue weighted by atomic mass is 16.6. The molecule has 0 bridgehead atoms. The van der Waals surface area contributed by atoms with Crippen LogP contribution in [0.25, 0.3) is 0 Å². The Hall–Kier alpha value is -0.0800. The zero-order chi connectivity index (χ0) is 8.02. The first-order valence-electron chi connectivity index (χ1n) is 5.23. The fraction of sp³-hybridized carbons (Fsp3) is 1.00. The number of nitrogens with zero attached hydrogens (tertiary/aromatic N) is 1. The van der Waals surface area contributed by atoms with Crippen molar-refractivity contribution in [3.05, 3.63) is 0 Å². The largest absolute Gasteiger partial charge is 0.369 e. The number of rotatable bonds is 2. The third-order valence-electron chi connectivity index (χ3n) is 3.53. The molecule has 2 aliphatic heterocycles. The van der Waals surface area contributed by atoms with E-state index in [4.69, 9.17) is 4.74 Å². The monoisotopic (exact) mass is 167 g/mol. The van der Waals surface area contributed by atoms with Crippen LogP contribution >= 0.6 is 0 Å². The topological polar surface area (TPSA) is 15.8 Å². The van der Waals surface area contributed by atoms with E-state index >= 15 is 0 Å². The van der Waals surface area contributed by atoms with Gasteiger partial charge in [0.05, 0.1) is 12.2 Å². The average Bonchev–Trinajstić information content (AvgIpc) is 2.92. The number of epoxide rings is 1. The van der Waals surface area contributed by atoms with Gasteiger partial charge in [0.25, 0.3) is 0 Å². The van der Waals surface area contributed by atoms with E-state index in [1.54, 1.807) is 0 Å². The van der Waals surface area contributed by atoms with Crippen LogP contribution in [0, 0.1) is 5.92 Å². The Kier molecular flexibility index (Phi) is 1.50. The minimum Gasteiger partial charge on any atom is -0.369 e. The van der Waals surface area contributed by atoms with Crippen LogP contribution < -0.4 is 0 Å². The summed E-state index contributed by atoms with van der Waals surface area (Å²) >= 11 is 0. The first-order valence-corrected chi connectivity index (χ1v) is 5.23. The summed E-state index contributed by atoms with van der Waals surface area (Å²) < 4.78 is 5.48. The van der Waals surface area contributed by atoms with Gasteiger partial charge < -0.3 is 9.64 Å². The summed E-state index contributed by atoms with van der Waals surface area (Å²) in [4.78, 5) is 2.63. The minimum atomic E-state index is 0.375. The predicted octanol–water partition coefficient (Wildman–Crippen LogP) is 1.26. The molecule has 12 heavy (non-hydrogen) atoms. The van der Waals surface area contributed by atoms with Crippen LogP contribution in [0.15, 0.2) is 0 Å². The molecule has 0 aromatic heterocycles. The lowest BCUT2D eigenvalue weighted by molar-refractivity contribution is 0.142. The highest BCUT2D eigenvalue weighted by Gasteiger charge is 2.46. The molecule has 0 amide bonds. The summed E-state index contributed by atoms with van der Waals surface area (Å²) in [5.41, 5.74) is 0.375. The van der Waals surface area contributed by atoms with Crippen molar-refractivity contribution in [3.63, 3.8) is 0 Å². The van der Waals surface area contributed by atoms with E-state index in [1.807, 2.05) is 0 Å². The minimum absolute atomic E-state index is 0.375. The fourth-order valence-corrected chi connectivity index (χ4v) is 2.20. The van der Waals surface area contributed by atoms with Gasteiger partial charge in [-0.3, -0.25) is 0 Å². The van der Waals surface area contributed by atoms with E-state index in [-0.39, 0.29) is 0 Å². The Morgan fingerprint density at radius 1 is 1.25 bits per heavy atom. The van der Waals surface area contributed by atoms with Crippen molar-refractivity contribution < 1.29 is 4.74 Å². The molecular formula is C10H17NO. The number of ether oxygens (including phenoxy) is 1. The summed E-state index contributed by atoms with van der Waals surface area (Å²) in [6, 6.07) is 0. The Labute approximate surface area is 73.9 Å². The summed E-state index contributed by atoms with van der Waals surface area (Å²) in [5, 5.41) is 0. The first kappa shape index (κ1) is 7.34. The van der Waals surface area contributed by atoms with Crippen molar-refractivity contribution in [2.24, 2.45) is 5.92 Å². The Bertz CT molecular complexity index is 174. The smallest absolute Gasteiger partial charge is 0.0940 e. The molecule has 2 heteroatoms. The molecule has 68 valence electrons. The van der Waals surface area contributed by atoms with E-state index in [9.17, 15) is 0 Å². The number of likely N-dealkylation sites (tertiary alicyclic amines) is 1. The molecule has 3 fully saturated rings. The van der Waals surface area contributed by atoms with Crippen molar-refractivity contribution in [2.45, 2.75) is 31.3 Å². The van der Waals surface area contributed by atoms with Crippen molar-refractivity contribution in [1.29, 1.82) is 0 Å². The maximum absolute atomic E-state index is 5.48. The van der Waals surface area contributed by atoms with Crippen molar-refractivity contribution in [3.8, 4) is 0 Å². The average molecular weight is 167 g/mol. The highest BCUT2D eigenvalue weighted by molar-refractivity contribution is 4.97. The van der Waals surface area contributed by atoms with Crippen molar-refractivity contribution in [2.75, 3.05) is 26.2 Å². The summed E-state index contributed by atoms with van der Waals surface area (Å²) in [6.45, 7) is 4.99. The van der Waals surface area contributed by atoms with Crippen LogP contribution in [0.4, 0.5) is 0 Å². The zero-order valence-electron chi connectivity index (χ0n) is 7.59. The molecule has 0 unspecified atom stereocenters. The Balaban J connectivity index is 1.49. The van der Waals surface area contributed by atoms with E-state index < -0.39 is 0 Å². The quantitative estimate of drug-likeness (QED) is 0.575. The second-order valence-electron chi connectivity index (χ2n) is 4.72. The second-order valence-corrected chi connectivity index (χ2v) is 4.72. The number of hydrogen-bond acceptors (Lipinski definition) is 2. The molecule has 0 aromatic rings. The fourth-order valence-electron chi connectivity index (χ4n) is 2.20. The van der Waals surface area contributed by atoms with Gasteiger partial charge in [-0.25, -0.2) is 0 Å². The molecule has 3 aliphatic rings. The van der Waals surface area contributed by atoms with E-state index in [2.05, 4.69) is 4.90 Å². The molecule has 2 heterocycles. The summed E-state index contributed by atoms with van der Waals surface area (Å²) in [5.74, 6) is 1.05. The molecule has 1 aliphatic carbocycles. The lowest BCUT2D eigenvalue weighted by Gasteiger charge is -2.30. The zero-order valence-corrected chi connectivity index (χ0v) is 7.59. The molecule has 0 atom stereocenters.